The SMILES string of the molecule is C=C(C)C(=O)OCCOC(=O)NCC(C)(C)CC(C)CCNC(=O)OOC(=O)NCCC(C)CC(C)(C)CNC(=O)OCCOC(=O)C(=C)C. The Morgan fingerprint density at radius 1 is 0.540 bits per heavy atom. The van der Waals surface area contributed by atoms with Gasteiger partial charge in [-0.25, -0.2) is 38.5 Å². The van der Waals surface area contributed by atoms with Gasteiger partial charge in [0.2, 0.25) is 0 Å². The highest BCUT2D eigenvalue weighted by Crippen LogP contribution is 2.27. The standard InChI is InChI=1S/C34H58N4O12/c1-23(2)27(39)45-15-17-47-29(41)37-21-33(7,8)19-25(5)11-13-35-31(43)49-50-32(44)36-14-12-26(6)20-34(9,10)22-38-30(42)48-18-16-46-28(40)24(3)4/h25-26H,1,3,11-22H2,2,4-10H3,(H,35,43)(H,36,44)(H,37,41)(H,38,42). The van der Waals surface area contributed by atoms with E-state index < -0.39 is 36.3 Å². The minimum absolute atomic E-state index is 0.0626. The Morgan fingerprint density at radius 2 is 0.860 bits per heavy atom. The van der Waals surface area contributed by atoms with Crippen LogP contribution >= 0.6 is 0 Å². The molecule has 0 rings (SSSR count). The van der Waals surface area contributed by atoms with Gasteiger partial charge in [0.25, 0.3) is 0 Å². The van der Waals surface area contributed by atoms with Crippen molar-refractivity contribution in [3.05, 3.63) is 24.3 Å². The van der Waals surface area contributed by atoms with Gasteiger partial charge in [-0.3, -0.25) is 0 Å². The summed E-state index contributed by atoms with van der Waals surface area (Å²) in [5.41, 5.74) is -0.0121. The van der Waals surface area contributed by atoms with Crippen LogP contribution in [0.15, 0.2) is 24.3 Å². The van der Waals surface area contributed by atoms with Crippen LogP contribution < -0.4 is 21.3 Å². The van der Waals surface area contributed by atoms with E-state index >= 15 is 0 Å². The zero-order valence-corrected chi connectivity index (χ0v) is 31.0. The molecule has 0 aromatic heterocycles. The average Bonchev–Trinajstić information content (AvgIpc) is 3.01. The lowest BCUT2D eigenvalue weighted by Gasteiger charge is -2.28. The molecule has 16 nitrogen and oxygen atoms in total. The van der Waals surface area contributed by atoms with E-state index in [1.54, 1.807) is 0 Å². The monoisotopic (exact) mass is 714 g/mol. The van der Waals surface area contributed by atoms with E-state index in [9.17, 15) is 28.8 Å². The van der Waals surface area contributed by atoms with Crippen molar-refractivity contribution >= 4 is 36.3 Å². The molecule has 0 radical (unpaired) electrons. The molecule has 50 heavy (non-hydrogen) atoms. The maximum absolute atomic E-state index is 12.0. The van der Waals surface area contributed by atoms with Gasteiger partial charge < -0.3 is 40.2 Å². The molecule has 16 heteroatoms. The fraction of sp³-hybridized carbons (Fsp3) is 0.706. The molecule has 286 valence electrons. The van der Waals surface area contributed by atoms with E-state index in [0.717, 1.165) is 12.8 Å². The van der Waals surface area contributed by atoms with Gasteiger partial charge in [-0.2, -0.15) is 0 Å². The summed E-state index contributed by atoms with van der Waals surface area (Å²) < 4.78 is 19.7. The number of esters is 2. The molecule has 0 saturated carbocycles. The number of carbonyl (C=O) groups excluding carboxylic acids is 6. The van der Waals surface area contributed by atoms with Gasteiger partial charge in [0.1, 0.15) is 26.4 Å². The molecule has 0 saturated heterocycles. The Hall–Kier alpha value is -4.50. The smallest absolute Gasteiger partial charge is 0.450 e. The first-order chi connectivity index (χ1) is 23.2. The Balaban J connectivity index is 4.10. The Bertz CT molecular complexity index is 1070. The summed E-state index contributed by atoms with van der Waals surface area (Å²) >= 11 is 0. The molecule has 0 heterocycles. The average molecular weight is 715 g/mol. The zero-order chi connectivity index (χ0) is 38.3. The highest BCUT2D eigenvalue weighted by Gasteiger charge is 2.24. The molecule has 0 fully saturated rings. The lowest BCUT2D eigenvalue weighted by molar-refractivity contribution is -0.178. The lowest BCUT2D eigenvalue weighted by atomic mass is 9.82. The predicted octanol–water partition coefficient (Wildman–Crippen LogP) is 4.93. The second-order valence-corrected chi connectivity index (χ2v) is 13.9. The third kappa shape index (κ3) is 24.6. The summed E-state index contributed by atoms with van der Waals surface area (Å²) in [5.74, 6) is -0.743. The number of ether oxygens (including phenoxy) is 4. The number of hydrogen-bond donors (Lipinski definition) is 4. The minimum Gasteiger partial charge on any atom is -0.459 e. The number of amides is 4. The summed E-state index contributed by atoms with van der Waals surface area (Å²) in [5, 5.41) is 10.5. The molecule has 0 bridgehead atoms. The van der Waals surface area contributed by atoms with Gasteiger partial charge in [-0.15, -0.1) is 0 Å². The fourth-order valence-corrected chi connectivity index (χ4v) is 4.72. The van der Waals surface area contributed by atoms with Crippen LogP contribution in [0.4, 0.5) is 19.2 Å². The van der Waals surface area contributed by atoms with Gasteiger partial charge in [0, 0.05) is 37.3 Å². The fourth-order valence-electron chi connectivity index (χ4n) is 4.72. The Labute approximate surface area is 295 Å². The maximum Gasteiger partial charge on any atom is 0.450 e. The van der Waals surface area contributed by atoms with E-state index in [0.29, 0.717) is 25.9 Å². The third-order valence-electron chi connectivity index (χ3n) is 7.03. The maximum atomic E-state index is 12.0. The Morgan fingerprint density at radius 3 is 1.18 bits per heavy atom. The quantitative estimate of drug-likeness (QED) is 0.0294. The minimum atomic E-state index is -0.904. The summed E-state index contributed by atoms with van der Waals surface area (Å²) in [6.07, 6.45) is -0.358. The number of nitrogens with one attached hydrogen (secondary N) is 4. The molecule has 4 N–H and O–H groups in total. The highest BCUT2D eigenvalue weighted by atomic mass is 17.2. The third-order valence-corrected chi connectivity index (χ3v) is 7.03. The second-order valence-electron chi connectivity index (χ2n) is 13.9. The molecule has 0 aliphatic carbocycles. The number of alkyl carbamates (subject to hydrolysis) is 2. The number of hydrogen-bond acceptors (Lipinski definition) is 12. The molecule has 0 aromatic rings. The van der Waals surface area contributed by atoms with Crippen molar-refractivity contribution in [2.45, 2.75) is 81.1 Å². The van der Waals surface area contributed by atoms with Crippen LogP contribution in [0, 0.1) is 22.7 Å². The molecule has 0 aromatic carbocycles. The zero-order valence-electron chi connectivity index (χ0n) is 31.0. The first-order valence-electron chi connectivity index (χ1n) is 16.6. The van der Waals surface area contributed by atoms with Crippen molar-refractivity contribution in [3.8, 4) is 0 Å². The molecule has 0 spiro atoms. The topological polar surface area (TPSA) is 206 Å². The molecule has 0 aliphatic rings. The summed E-state index contributed by atoms with van der Waals surface area (Å²) in [6.45, 7) is 22.9. The van der Waals surface area contributed by atoms with E-state index in [1.165, 1.54) is 13.8 Å². The summed E-state index contributed by atoms with van der Waals surface area (Å²) in [6, 6.07) is 0. The first kappa shape index (κ1) is 45.5. The normalized spacial score (nSPS) is 12.2. The van der Waals surface area contributed by atoms with Crippen molar-refractivity contribution in [3.63, 3.8) is 0 Å². The van der Waals surface area contributed by atoms with E-state index in [4.69, 9.17) is 18.9 Å². The van der Waals surface area contributed by atoms with E-state index in [2.05, 4.69) is 44.2 Å². The van der Waals surface area contributed by atoms with E-state index in [1.807, 2.05) is 41.5 Å². The lowest BCUT2D eigenvalue weighted by Crippen LogP contribution is -2.36. The molecule has 2 atom stereocenters. The van der Waals surface area contributed by atoms with Gasteiger partial charge in [0.05, 0.1) is 0 Å². The summed E-state index contributed by atoms with van der Waals surface area (Å²) in [4.78, 5) is 79.5. The van der Waals surface area contributed by atoms with Gasteiger partial charge in [-0.1, -0.05) is 54.7 Å². The van der Waals surface area contributed by atoms with Gasteiger partial charge >= 0.3 is 36.3 Å². The van der Waals surface area contributed by atoms with Crippen LogP contribution in [0.3, 0.4) is 0 Å². The molecule has 0 aliphatic heterocycles. The molecule has 4 amide bonds. The molecular formula is C34H58N4O12. The highest BCUT2D eigenvalue weighted by molar-refractivity contribution is 5.87. The van der Waals surface area contributed by atoms with Gasteiger partial charge in [0.15, 0.2) is 0 Å². The van der Waals surface area contributed by atoms with Crippen LogP contribution in [-0.4, -0.2) is 88.9 Å². The largest absolute Gasteiger partial charge is 0.459 e. The van der Waals surface area contributed by atoms with Crippen LogP contribution in [0.25, 0.3) is 0 Å². The molecule has 2 unspecified atom stereocenters. The van der Waals surface area contributed by atoms with Gasteiger partial charge in [-0.05, 0) is 62.2 Å². The van der Waals surface area contributed by atoms with Crippen LogP contribution in [0.5, 0.6) is 0 Å². The van der Waals surface area contributed by atoms with Crippen molar-refractivity contribution < 1.29 is 57.5 Å². The number of carbonyl (C=O) groups is 6. The van der Waals surface area contributed by atoms with E-state index in [-0.39, 0.29) is 73.3 Å². The predicted molar refractivity (Wildman–Crippen MR) is 184 cm³/mol. The van der Waals surface area contributed by atoms with Crippen molar-refractivity contribution in [2.24, 2.45) is 22.7 Å². The summed E-state index contributed by atoms with van der Waals surface area (Å²) in [7, 11) is 0. The van der Waals surface area contributed by atoms with Crippen LogP contribution in [-0.2, 0) is 38.3 Å². The number of rotatable bonds is 22. The van der Waals surface area contributed by atoms with Crippen molar-refractivity contribution in [1.29, 1.82) is 0 Å². The van der Waals surface area contributed by atoms with Crippen molar-refractivity contribution in [1.82, 2.24) is 21.3 Å². The first-order valence-corrected chi connectivity index (χ1v) is 16.6. The Kier molecular flexibility index (Phi) is 21.6. The van der Waals surface area contributed by atoms with Crippen LogP contribution in [0.1, 0.15) is 81.1 Å². The molecular weight excluding hydrogens is 656 g/mol. The van der Waals surface area contributed by atoms with Crippen molar-refractivity contribution in [2.75, 3.05) is 52.6 Å². The van der Waals surface area contributed by atoms with Crippen LogP contribution in [0.2, 0.25) is 0 Å². The second kappa shape index (κ2) is 23.8.